The lowest BCUT2D eigenvalue weighted by Gasteiger charge is -2.26. The quantitative estimate of drug-likeness (QED) is 0.434. The molecule has 4 rings (SSSR count). The van der Waals surface area contributed by atoms with E-state index in [1.54, 1.807) is 31.2 Å². The molecule has 0 spiro atoms. The summed E-state index contributed by atoms with van der Waals surface area (Å²) in [6.45, 7) is 9.22. The van der Waals surface area contributed by atoms with E-state index < -0.39 is 23.8 Å². The number of nitrogens with zero attached hydrogens (tertiary/aromatic N) is 2. The molecule has 2 aromatic carbocycles. The van der Waals surface area contributed by atoms with Crippen molar-refractivity contribution >= 4 is 35.6 Å². The van der Waals surface area contributed by atoms with Gasteiger partial charge in [0, 0.05) is 17.1 Å². The molecule has 0 atom stereocenters. The van der Waals surface area contributed by atoms with Crippen molar-refractivity contribution in [1.82, 2.24) is 9.88 Å². The first-order valence-corrected chi connectivity index (χ1v) is 11.0. The number of anilines is 1. The smallest absolute Gasteiger partial charge is 0.336 e. The summed E-state index contributed by atoms with van der Waals surface area (Å²) in [5.41, 5.74) is 5.74. The second-order valence-electron chi connectivity index (χ2n) is 8.64. The zero-order valence-corrected chi connectivity index (χ0v) is 20.1. The number of aromatic nitrogens is 1. The summed E-state index contributed by atoms with van der Waals surface area (Å²) in [5.74, 6) is -2.50. The maximum absolute atomic E-state index is 13.3. The Hall–Kier alpha value is -4.46. The molecular formula is C27H25N3O5. The van der Waals surface area contributed by atoms with E-state index in [2.05, 4.69) is 5.32 Å². The van der Waals surface area contributed by atoms with Crippen molar-refractivity contribution in [3.8, 4) is 5.69 Å². The third-order valence-corrected chi connectivity index (χ3v) is 6.40. The van der Waals surface area contributed by atoms with Gasteiger partial charge in [-0.25, -0.2) is 14.5 Å². The summed E-state index contributed by atoms with van der Waals surface area (Å²) in [4.78, 5) is 51.0. The maximum Gasteiger partial charge on any atom is 0.336 e. The highest BCUT2D eigenvalue weighted by Crippen LogP contribution is 2.28. The van der Waals surface area contributed by atoms with Crippen molar-refractivity contribution in [1.29, 1.82) is 0 Å². The summed E-state index contributed by atoms with van der Waals surface area (Å²) in [7, 11) is 0. The number of aromatic carboxylic acids is 1. The highest BCUT2D eigenvalue weighted by atomic mass is 16.4. The van der Waals surface area contributed by atoms with Gasteiger partial charge in [0.15, 0.2) is 0 Å². The molecule has 0 radical (unpaired) electrons. The van der Waals surface area contributed by atoms with Crippen LogP contribution in [0.25, 0.3) is 11.8 Å². The molecule has 2 heterocycles. The Morgan fingerprint density at radius 2 is 1.66 bits per heavy atom. The van der Waals surface area contributed by atoms with Crippen LogP contribution in [-0.4, -0.2) is 33.5 Å². The molecule has 0 saturated carbocycles. The zero-order valence-electron chi connectivity index (χ0n) is 20.1. The number of rotatable bonds is 4. The minimum Gasteiger partial charge on any atom is -0.478 e. The first kappa shape index (κ1) is 23.7. The summed E-state index contributed by atoms with van der Waals surface area (Å²) in [6, 6.07) is 11.2. The zero-order chi connectivity index (χ0) is 25.6. The molecule has 8 heteroatoms. The summed E-state index contributed by atoms with van der Waals surface area (Å²) in [6.07, 6.45) is 1.47. The minimum absolute atomic E-state index is 0.168. The first-order valence-electron chi connectivity index (χ1n) is 11.0. The summed E-state index contributed by atoms with van der Waals surface area (Å²) in [5, 5.41) is 11.7. The predicted molar refractivity (Wildman–Crippen MR) is 132 cm³/mol. The molecule has 0 aliphatic carbocycles. The minimum atomic E-state index is -1.02. The van der Waals surface area contributed by atoms with Gasteiger partial charge < -0.3 is 9.67 Å². The number of carboxylic acids is 1. The molecule has 1 fully saturated rings. The van der Waals surface area contributed by atoms with E-state index in [0.29, 0.717) is 22.5 Å². The molecule has 1 saturated heterocycles. The Kier molecular flexibility index (Phi) is 5.90. The van der Waals surface area contributed by atoms with Crippen LogP contribution in [-0.2, 0) is 9.59 Å². The number of carbonyl (C=O) groups is 4. The van der Waals surface area contributed by atoms with Crippen LogP contribution in [0.5, 0.6) is 0 Å². The van der Waals surface area contributed by atoms with Gasteiger partial charge >= 0.3 is 12.0 Å². The number of aryl methyl sites for hydroxylation is 3. The number of barbiturate groups is 1. The van der Waals surface area contributed by atoms with Crippen LogP contribution in [0.4, 0.5) is 10.5 Å². The molecular weight excluding hydrogens is 446 g/mol. The van der Waals surface area contributed by atoms with E-state index in [1.165, 1.54) is 6.08 Å². The lowest BCUT2D eigenvalue weighted by Crippen LogP contribution is -2.54. The second kappa shape index (κ2) is 8.72. The van der Waals surface area contributed by atoms with Crippen molar-refractivity contribution in [2.24, 2.45) is 0 Å². The maximum atomic E-state index is 13.3. The Labute approximate surface area is 202 Å². The molecule has 4 amide bonds. The third-order valence-electron chi connectivity index (χ3n) is 6.40. The van der Waals surface area contributed by atoms with Gasteiger partial charge in [-0.1, -0.05) is 12.1 Å². The highest BCUT2D eigenvalue weighted by molar-refractivity contribution is 6.39. The molecule has 3 aromatic rings. The average molecular weight is 472 g/mol. The van der Waals surface area contributed by atoms with E-state index in [4.69, 9.17) is 0 Å². The lowest BCUT2D eigenvalue weighted by molar-refractivity contribution is -0.122. The first-order chi connectivity index (χ1) is 16.5. The SMILES string of the molecule is Cc1ccc(N2C(=O)NC(=O)/C(=C\c3cc(C)n(-c4cccc(C(=O)O)c4C)c3C)C2=O)cc1C. The van der Waals surface area contributed by atoms with Crippen LogP contribution >= 0.6 is 0 Å². The normalized spacial score (nSPS) is 15.1. The van der Waals surface area contributed by atoms with Crippen LogP contribution < -0.4 is 10.2 Å². The van der Waals surface area contributed by atoms with Gasteiger partial charge in [0.05, 0.1) is 11.3 Å². The third kappa shape index (κ3) is 4.03. The van der Waals surface area contributed by atoms with Crippen molar-refractivity contribution in [3.05, 3.63) is 87.2 Å². The van der Waals surface area contributed by atoms with E-state index in [9.17, 15) is 24.3 Å². The van der Waals surface area contributed by atoms with Crippen LogP contribution in [0.3, 0.4) is 0 Å². The van der Waals surface area contributed by atoms with Crippen molar-refractivity contribution < 1.29 is 24.3 Å². The van der Waals surface area contributed by atoms with Gasteiger partial charge in [0.1, 0.15) is 5.57 Å². The van der Waals surface area contributed by atoms with Gasteiger partial charge in [0.2, 0.25) is 0 Å². The largest absolute Gasteiger partial charge is 0.478 e. The van der Waals surface area contributed by atoms with E-state index >= 15 is 0 Å². The van der Waals surface area contributed by atoms with Gasteiger partial charge in [0.25, 0.3) is 11.8 Å². The number of benzene rings is 2. The highest BCUT2D eigenvalue weighted by Gasteiger charge is 2.37. The van der Waals surface area contributed by atoms with E-state index in [1.807, 2.05) is 50.5 Å². The van der Waals surface area contributed by atoms with Crippen molar-refractivity contribution in [2.45, 2.75) is 34.6 Å². The fourth-order valence-electron chi connectivity index (χ4n) is 4.31. The molecule has 35 heavy (non-hydrogen) atoms. The molecule has 2 N–H and O–H groups in total. The summed E-state index contributed by atoms with van der Waals surface area (Å²) < 4.78 is 1.88. The van der Waals surface area contributed by atoms with Gasteiger partial charge in [-0.05, 0) is 93.3 Å². The number of imide groups is 2. The predicted octanol–water partition coefficient (Wildman–Crippen LogP) is 4.38. The number of nitrogens with one attached hydrogen (secondary N) is 1. The molecule has 1 aromatic heterocycles. The van der Waals surface area contributed by atoms with Gasteiger partial charge in [-0.15, -0.1) is 0 Å². The second-order valence-corrected chi connectivity index (χ2v) is 8.64. The lowest BCUT2D eigenvalue weighted by atomic mass is 10.0. The Morgan fingerprint density at radius 3 is 2.31 bits per heavy atom. The molecule has 1 aliphatic heterocycles. The summed E-state index contributed by atoms with van der Waals surface area (Å²) >= 11 is 0. The van der Waals surface area contributed by atoms with Crippen LogP contribution in [0.2, 0.25) is 0 Å². The topological polar surface area (TPSA) is 109 Å². The Bertz CT molecular complexity index is 1460. The fourth-order valence-corrected chi connectivity index (χ4v) is 4.31. The molecule has 8 nitrogen and oxygen atoms in total. The van der Waals surface area contributed by atoms with Crippen LogP contribution in [0.15, 0.2) is 48.0 Å². The molecule has 178 valence electrons. The molecule has 1 aliphatic rings. The molecule has 0 unspecified atom stereocenters. The number of hydrogen-bond acceptors (Lipinski definition) is 4. The van der Waals surface area contributed by atoms with E-state index in [0.717, 1.165) is 27.4 Å². The van der Waals surface area contributed by atoms with Crippen molar-refractivity contribution in [2.75, 3.05) is 4.90 Å². The Balaban J connectivity index is 1.80. The van der Waals surface area contributed by atoms with Gasteiger partial charge in [-0.2, -0.15) is 0 Å². The number of carbonyl (C=O) groups excluding carboxylic acids is 3. The Morgan fingerprint density at radius 1 is 0.943 bits per heavy atom. The number of carboxylic acid groups (broad SMARTS) is 1. The fraction of sp³-hybridized carbons (Fsp3) is 0.185. The van der Waals surface area contributed by atoms with E-state index in [-0.39, 0.29) is 11.1 Å². The average Bonchev–Trinajstić information content (AvgIpc) is 3.06. The monoisotopic (exact) mass is 471 g/mol. The van der Waals surface area contributed by atoms with Crippen LogP contribution in [0, 0.1) is 34.6 Å². The number of hydrogen-bond donors (Lipinski definition) is 2. The number of amides is 4. The van der Waals surface area contributed by atoms with Crippen molar-refractivity contribution in [3.63, 3.8) is 0 Å². The van der Waals surface area contributed by atoms with Gasteiger partial charge in [-0.3, -0.25) is 14.9 Å². The molecule has 0 bridgehead atoms. The number of urea groups is 1. The van der Waals surface area contributed by atoms with Crippen LogP contribution in [0.1, 0.15) is 44.0 Å². The standard InChI is InChI=1S/C27H25N3O5/c1-14-9-10-20(11-15(14)2)30-25(32)22(24(31)28-27(30)35)13-19-12-16(3)29(18(19)5)23-8-6-7-21(17(23)4)26(33)34/h6-13H,1-5H3,(H,33,34)(H,28,31,35)/b22-13+.